The number of aromatic amines is 1. The predicted octanol–water partition coefficient (Wildman–Crippen LogP) is 3.79. The number of carbonyl (C=O) groups is 1. The van der Waals surface area contributed by atoms with Crippen molar-refractivity contribution in [1.29, 1.82) is 0 Å². The summed E-state index contributed by atoms with van der Waals surface area (Å²) >= 11 is 0. The minimum absolute atomic E-state index is 0.182. The first-order valence-electron chi connectivity index (χ1n) is 8.11. The first-order valence-corrected chi connectivity index (χ1v) is 8.11. The molecule has 2 N–H and O–H groups in total. The second-order valence-corrected chi connectivity index (χ2v) is 5.59. The maximum Gasteiger partial charge on any atom is 0.255 e. The highest BCUT2D eigenvalue weighted by Crippen LogP contribution is 2.26. The molecule has 0 radical (unpaired) electrons. The molecule has 0 atom stereocenters. The van der Waals surface area contributed by atoms with Crippen molar-refractivity contribution in [2.45, 2.75) is 0 Å². The van der Waals surface area contributed by atoms with Gasteiger partial charge in [-0.1, -0.05) is 36.4 Å². The molecular formula is C20H15N5O. The standard InChI is InChI=1S/C20H15N5O/c26-20(14-8-2-1-3-9-14)22-16-11-5-4-10-15(16)18-23-19(25-24-18)17-12-6-7-13-21-17/h1-13H,(H,22,26)(H,23,24,25). The lowest BCUT2D eigenvalue weighted by atomic mass is 10.1. The predicted molar refractivity (Wildman–Crippen MR) is 99.4 cm³/mol. The molecule has 0 aliphatic heterocycles. The fourth-order valence-electron chi connectivity index (χ4n) is 2.57. The fourth-order valence-corrected chi connectivity index (χ4v) is 2.57. The summed E-state index contributed by atoms with van der Waals surface area (Å²) in [4.78, 5) is 21.2. The highest BCUT2D eigenvalue weighted by Gasteiger charge is 2.14. The summed E-state index contributed by atoms with van der Waals surface area (Å²) in [5.74, 6) is 0.887. The molecule has 2 aromatic carbocycles. The number of amides is 1. The van der Waals surface area contributed by atoms with E-state index in [4.69, 9.17) is 0 Å². The molecule has 0 fully saturated rings. The van der Waals surface area contributed by atoms with Crippen molar-refractivity contribution in [3.8, 4) is 22.9 Å². The maximum atomic E-state index is 12.5. The van der Waals surface area contributed by atoms with Gasteiger partial charge in [-0.25, -0.2) is 4.98 Å². The number of benzene rings is 2. The summed E-state index contributed by atoms with van der Waals surface area (Å²) in [6.45, 7) is 0. The monoisotopic (exact) mass is 341 g/mol. The zero-order valence-electron chi connectivity index (χ0n) is 13.8. The zero-order valence-corrected chi connectivity index (χ0v) is 13.8. The van der Waals surface area contributed by atoms with E-state index >= 15 is 0 Å². The lowest BCUT2D eigenvalue weighted by Crippen LogP contribution is -2.12. The Balaban J connectivity index is 1.64. The second kappa shape index (κ2) is 6.98. The molecule has 0 unspecified atom stereocenters. The van der Waals surface area contributed by atoms with Crippen LogP contribution >= 0.6 is 0 Å². The van der Waals surface area contributed by atoms with Crippen molar-refractivity contribution in [1.82, 2.24) is 20.2 Å². The Morgan fingerprint density at radius 1 is 0.885 bits per heavy atom. The van der Waals surface area contributed by atoms with E-state index in [2.05, 4.69) is 25.5 Å². The summed E-state index contributed by atoms with van der Waals surface area (Å²) in [5, 5.41) is 10.1. The van der Waals surface area contributed by atoms with Crippen LogP contribution in [0.15, 0.2) is 79.0 Å². The number of rotatable bonds is 4. The van der Waals surface area contributed by atoms with Gasteiger partial charge in [-0.2, -0.15) is 5.10 Å². The molecule has 0 aliphatic rings. The first-order chi connectivity index (χ1) is 12.8. The molecule has 6 heteroatoms. The number of anilines is 1. The molecule has 2 heterocycles. The van der Waals surface area contributed by atoms with Crippen LogP contribution in [0.1, 0.15) is 10.4 Å². The number of nitrogens with zero attached hydrogens (tertiary/aromatic N) is 3. The van der Waals surface area contributed by atoms with E-state index in [-0.39, 0.29) is 5.91 Å². The number of carbonyl (C=O) groups excluding carboxylic acids is 1. The van der Waals surface area contributed by atoms with Crippen molar-refractivity contribution in [2.75, 3.05) is 5.32 Å². The largest absolute Gasteiger partial charge is 0.321 e. The van der Waals surface area contributed by atoms with Gasteiger partial charge in [-0.05, 0) is 36.4 Å². The third-order valence-corrected chi connectivity index (χ3v) is 3.85. The van der Waals surface area contributed by atoms with Crippen LogP contribution in [-0.2, 0) is 0 Å². The van der Waals surface area contributed by atoms with E-state index in [0.717, 1.165) is 5.56 Å². The average Bonchev–Trinajstić information content (AvgIpc) is 3.20. The Morgan fingerprint density at radius 2 is 1.65 bits per heavy atom. The van der Waals surface area contributed by atoms with E-state index in [0.29, 0.717) is 28.6 Å². The van der Waals surface area contributed by atoms with Crippen LogP contribution < -0.4 is 5.32 Å². The molecular weight excluding hydrogens is 326 g/mol. The van der Waals surface area contributed by atoms with Gasteiger partial charge in [0.05, 0.1) is 5.69 Å². The van der Waals surface area contributed by atoms with Crippen LogP contribution in [0.25, 0.3) is 22.9 Å². The van der Waals surface area contributed by atoms with E-state index in [1.807, 2.05) is 60.7 Å². The molecule has 0 saturated heterocycles. The minimum Gasteiger partial charge on any atom is -0.321 e. The summed E-state index contributed by atoms with van der Waals surface area (Å²) in [5.41, 5.74) is 2.67. The first kappa shape index (κ1) is 15.7. The number of hydrogen-bond donors (Lipinski definition) is 2. The van der Waals surface area contributed by atoms with Gasteiger partial charge in [0, 0.05) is 17.3 Å². The highest BCUT2D eigenvalue weighted by atomic mass is 16.1. The van der Waals surface area contributed by atoms with Crippen LogP contribution in [0.3, 0.4) is 0 Å². The van der Waals surface area contributed by atoms with Crippen molar-refractivity contribution >= 4 is 11.6 Å². The van der Waals surface area contributed by atoms with Gasteiger partial charge in [-0.15, -0.1) is 0 Å². The molecule has 126 valence electrons. The van der Waals surface area contributed by atoms with Crippen LogP contribution in [0.2, 0.25) is 0 Å². The minimum atomic E-state index is -0.182. The van der Waals surface area contributed by atoms with E-state index in [1.54, 1.807) is 18.3 Å². The SMILES string of the molecule is O=C(Nc1ccccc1-c1n[nH]c(-c2ccccn2)n1)c1ccccc1. The van der Waals surface area contributed by atoms with Gasteiger partial charge in [0.2, 0.25) is 0 Å². The van der Waals surface area contributed by atoms with Gasteiger partial charge in [-0.3, -0.25) is 14.9 Å². The molecule has 0 spiro atoms. The van der Waals surface area contributed by atoms with Crippen LogP contribution in [0, 0.1) is 0 Å². The van der Waals surface area contributed by atoms with Crippen LogP contribution in [0.5, 0.6) is 0 Å². The molecule has 2 aromatic heterocycles. The Hall–Kier alpha value is -3.80. The van der Waals surface area contributed by atoms with E-state index in [1.165, 1.54) is 0 Å². The number of hydrogen-bond acceptors (Lipinski definition) is 4. The molecule has 4 rings (SSSR count). The molecule has 0 saturated carbocycles. The van der Waals surface area contributed by atoms with E-state index in [9.17, 15) is 4.79 Å². The van der Waals surface area contributed by atoms with Crippen molar-refractivity contribution in [3.05, 3.63) is 84.6 Å². The number of aromatic nitrogens is 4. The normalized spacial score (nSPS) is 10.5. The van der Waals surface area contributed by atoms with E-state index < -0.39 is 0 Å². The summed E-state index contributed by atoms with van der Waals surface area (Å²) < 4.78 is 0. The second-order valence-electron chi connectivity index (χ2n) is 5.59. The molecule has 1 amide bonds. The van der Waals surface area contributed by atoms with Crippen molar-refractivity contribution < 1.29 is 4.79 Å². The third-order valence-electron chi connectivity index (χ3n) is 3.85. The number of para-hydroxylation sites is 1. The summed E-state index contributed by atoms with van der Waals surface area (Å²) in [6.07, 6.45) is 1.70. The number of pyridine rings is 1. The molecule has 6 nitrogen and oxygen atoms in total. The molecule has 0 aliphatic carbocycles. The summed E-state index contributed by atoms with van der Waals surface area (Å²) in [7, 11) is 0. The Morgan fingerprint density at radius 3 is 2.46 bits per heavy atom. The van der Waals surface area contributed by atoms with Crippen LogP contribution in [-0.4, -0.2) is 26.1 Å². The van der Waals surface area contributed by atoms with Gasteiger partial charge in [0.25, 0.3) is 5.91 Å². The third kappa shape index (κ3) is 3.21. The Bertz CT molecular complexity index is 1030. The van der Waals surface area contributed by atoms with Gasteiger partial charge < -0.3 is 5.32 Å². The highest BCUT2D eigenvalue weighted by molar-refractivity contribution is 6.06. The lowest BCUT2D eigenvalue weighted by Gasteiger charge is -2.08. The Kier molecular flexibility index (Phi) is 4.22. The molecule has 0 bridgehead atoms. The van der Waals surface area contributed by atoms with Gasteiger partial charge >= 0.3 is 0 Å². The topological polar surface area (TPSA) is 83.6 Å². The Labute approximate surface area is 150 Å². The fraction of sp³-hybridized carbons (Fsp3) is 0. The quantitative estimate of drug-likeness (QED) is 0.591. The van der Waals surface area contributed by atoms with Crippen LogP contribution in [0.4, 0.5) is 5.69 Å². The van der Waals surface area contributed by atoms with Crippen molar-refractivity contribution in [3.63, 3.8) is 0 Å². The molecule has 26 heavy (non-hydrogen) atoms. The zero-order chi connectivity index (χ0) is 17.8. The average molecular weight is 341 g/mol. The number of H-pyrrole nitrogens is 1. The molecule has 4 aromatic rings. The van der Waals surface area contributed by atoms with Gasteiger partial charge in [0.15, 0.2) is 11.6 Å². The number of nitrogens with one attached hydrogen (secondary N) is 2. The smallest absolute Gasteiger partial charge is 0.255 e. The van der Waals surface area contributed by atoms with Gasteiger partial charge in [0.1, 0.15) is 5.69 Å². The maximum absolute atomic E-state index is 12.5. The van der Waals surface area contributed by atoms with Crippen molar-refractivity contribution in [2.24, 2.45) is 0 Å². The lowest BCUT2D eigenvalue weighted by molar-refractivity contribution is 0.102. The summed E-state index contributed by atoms with van der Waals surface area (Å²) in [6, 6.07) is 22.1.